The molecule has 0 aliphatic heterocycles. The van der Waals surface area contributed by atoms with Crippen molar-refractivity contribution in [1.29, 1.82) is 5.26 Å². The maximum absolute atomic E-state index is 11.9. The fraction of sp³-hybridized carbons (Fsp3) is 0.467. The lowest BCUT2D eigenvalue weighted by molar-refractivity contribution is -0.133. The Morgan fingerprint density at radius 3 is 2.90 bits per heavy atom. The predicted molar refractivity (Wildman–Crippen MR) is 73.0 cm³/mol. The molecule has 1 unspecified atom stereocenters. The van der Waals surface area contributed by atoms with Gasteiger partial charge in [-0.3, -0.25) is 4.79 Å². The van der Waals surface area contributed by atoms with Gasteiger partial charge in [0.25, 0.3) is 5.91 Å². The fourth-order valence-electron chi connectivity index (χ4n) is 1.95. The van der Waals surface area contributed by atoms with Crippen LogP contribution in [0.2, 0.25) is 0 Å². The van der Waals surface area contributed by atoms with Crippen molar-refractivity contribution in [3.8, 4) is 11.8 Å². The second kappa shape index (κ2) is 6.40. The van der Waals surface area contributed by atoms with Crippen LogP contribution in [0.4, 0.5) is 0 Å². The lowest BCUT2D eigenvalue weighted by Crippen LogP contribution is -2.38. The van der Waals surface area contributed by atoms with E-state index in [0.717, 1.165) is 12.8 Å². The van der Waals surface area contributed by atoms with Gasteiger partial charge in [0.15, 0.2) is 6.61 Å². The van der Waals surface area contributed by atoms with Crippen LogP contribution in [0.1, 0.15) is 18.4 Å². The predicted octanol–water partition coefficient (Wildman–Crippen LogP) is 1.17. The summed E-state index contributed by atoms with van der Waals surface area (Å²) in [5.74, 6) is 0.530. The number of carbonyl (C=O) groups excluding carboxylic acids is 1. The molecule has 0 aromatic heterocycles. The van der Waals surface area contributed by atoms with E-state index in [2.05, 4.69) is 0 Å². The van der Waals surface area contributed by atoms with Crippen LogP contribution in [0, 0.1) is 17.2 Å². The molecule has 0 spiro atoms. The molecule has 2 rings (SSSR count). The Labute approximate surface area is 118 Å². The zero-order chi connectivity index (χ0) is 14.5. The second-order valence-corrected chi connectivity index (χ2v) is 5.08. The van der Waals surface area contributed by atoms with Gasteiger partial charge in [0.1, 0.15) is 11.8 Å². The van der Waals surface area contributed by atoms with E-state index in [4.69, 9.17) is 10.00 Å². The summed E-state index contributed by atoms with van der Waals surface area (Å²) in [6.07, 6.45) is 1.63. The van der Waals surface area contributed by atoms with Crippen LogP contribution >= 0.6 is 0 Å². The highest BCUT2D eigenvalue weighted by molar-refractivity contribution is 5.77. The van der Waals surface area contributed by atoms with Crippen molar-refractivity contribution in [2.24, 2.45) is 5.92 Å². The molecule has 20 heavy (non-hydrogen) atoms. The van der Waals surface area contributed by atoms with Gasteiger partial charge in [-0.2, -0.15) is 5.26 Å². The minimum absolute atomic E-state index is 0.132. The van der Waals surface area contributed by atoms with E-state index >= 15 is 0 Å². The molecule has 1 saturated carbocycles. The first-order valence-corrected chi connectivity index (χ1v) is 6.65. The number of nitriles is 1. The maximum atomic E-state index is 11.9. The highest BCUT2D eigenvalue weighted by atomic mass is 16.5. The third kappa shape index (κ3) is 3.72. The first-order valence-electron chi connectivity index (χ1n) is 6.65. The molecule has 0 heterocycles. The zero-order valence-corrected chi connectivity index (χ0v) is 11.5. The molecule has 1 aromatic rings. The van der Waals surface area contributed by atoms with Gasteiger partial charge in [-0.25, -0.2) is 0 Å². The summed E-state index contributed by atoms with van der Waals surface area (Å²) in [6, 6.07) is 8.80. The molecular formula is C15H18N2O3. The first kappa shape index (κ1) is 14.4. The number of rotatable bonds is 6. The molecule has 1 fully saturated rings. The number of hydrogen-bond donors (Lipinski definition) is 1. The molecule has 106 valence electrons. The van der Waals surface area contributed by atoms with Crippen molar-refractivity contribution < 1.29 is 14.6 Å². The summed E-state index contributed by atoms with van der Waals surface area (Å²) in [6.45, 7) is 0.194. The smallest absolute Gasteiger partial charge is 0.260 e. The Morgan fingerprint density at radius 2 is 2.25 bits per heavy atom. The molecule has 0 bridgehead atoms. The van der Waals surface area contributed by atoms with Gasteiger partial charge < -0.3 is 14.7 Å². The summed E-state index contributed by atoms with van der Waals surface area (Å²) < 4.78 is 5.37. The van der Waals surface area contributed by atoms with Gasteiger partial charge in [0.2, 0.25) is 0 Å². The molecule has 1 aromatic carbocycles. The quantitative estimate of drug-likeness (QED) is 0.845. The molecule has 1 atom stereocenters. The number of aliphatic hydroxyl groups excluding tert-OH is 1. The standard InChI is InChI=1S/C15H18N2O3/c1-17(9-13(18)11-6-7-11)15(19)10-20-14-5-3-2-4-12(14)8-16/h2-5,11,13,18H,6-7,9-10H2,1H3. The van der Waals surface area contributed by atoms with E-state index in [0.29, 0.717) is 23.8 Å². The van der Waals surface area contributed by atoms with Crippen LogP contribution in [-0.2, 0) is 4.79 Å². The molecule has 1 aliphatic carbocycles. The minimum Gasteiger partial charge on any atom is -0.482 e. The third-order valence-corrected chi connectivity index (χ3v) is 3.41. The summed E-state index contributed by atoms with van der Waals surface area (Å²) in [5, 5.41) is 18.7. The van der Waals surface area contributed by atoms with Gasteiger partial charge >= 0.3 is 0 Å². The highest BCUT2D eigenvalue weighted by Gasteiger charge is 2.31. The molecule has 1 aliphatic rings. The van der Waals surface area contributed by atoms with Crippen molar-refractivity contribution in [3.63, 3.8) is 0 Å². The summed E-state index contributed by atoms with van der Waals surface area (Å²) in [4.78, 5) is 13.4. The van der Waals surface area contributed by atoms with E-state index in [9.17, 15) is 9.90 Å². The Morgan fingerprint density at radius 1 is 1.55 bits per heavy atom. The number of para-hydroxylation sites is 1. The molecular weight excluding hydrogens is 256 g/mol. The number of carbonyl (C=O) groups is 1. The largest absolute Gasteiger partial charge is 0.482 e. The van der Waals surface area contributed by atoms with Crippen molar-refractivity contribution in [1.82, 2.24) is 4.90 Å². The molecule has 0 saturated heterocycles. The van der Waals surface area contributed by atoms with E-state index in [-0.39, 0.29) is 12.5 Å². The second-order valence-electron chi connectivity index (χ2n) is 5.08. The lowest BCUT2D eigenvalue weighted by atomic mass is 10.2. The molecule has 0 radical (unpaired) electrons. The number of hydrogen-bond acceptors (Lipinski definition) is 4. The van der Waals surface area contributed by atoms with Gasteiger partial charge in [0, 0.05) is 13.6 Å². The number of likely N-dealkylation sites (N-methyl/N-ethyl adjacent to an activating group) is 1. The SMILES string of the molecule is CN(CC(O)C1CC1)C(=O)COc1ccccc1C#N. The molecule has 5 heteroatoms. The third-order valence-electron chi connectivity index (χ3n) is 3.41. The lowest BCUT2D eigenvalue weighted by Gasteiger charge is -2.20. The zero-order valence-electron chi connectivity index (χ0n) is 11.5. The first-order chi connectivity index (χ1) is 9.61. The molecule has 1 N–H and O–H groups in total. The Hall–Kier alpha value is -2.06. The van der Waals surface area contributed by atoms with Crippen LogP contribution in [-0.4, -0.2) is 42.2 Å². The average Bonchev–Trinajstić information content (AvgIpc) is 3.29. The average molecular weight is 274 g/mol. The summed E-state index contributed by atoms with van der Waals surface area (Å²) in [5.41, 5.74) is 0.404. The van der Waals surface area contributed by atoms with Gasteiger partial charge in [-0.05, 0) is 30.9 Å². The van der Waals surface area contributed by atoms with Crippen LogP contribution in [0.3, 0.4) is 0 Å². The number of nitrogens with zero attached hydrogens (tertiary/aromatic N) is 2. The number of benzene rings is 1. The van der Waals surface area contributed by atoms with E-state index < -0.39 is 6.10 Å². The Balaban J connectivity index is 1.83. The monoisotopic (exact) mass is 274 g/mol. The van der Waals surface area contributed by atoms with Crippen LogP contribution in [0.15, 0.2) is 24.3 Å². The van der Waals surface area contributed by atoms with E-state index in [1.54, 1.807) is 31.3 Å². The summed E-state index contributed by atoms with van der Waals surface area (Å²) >= 11 is 0. The van der Waals surface area contributed by atoms with Crippen molar-refractivity contribution in [2.75, 3.05) is 20.2 Å². The minimum atomic E-state index is -0.449. The topological polar surface area (TPSA) is 73.6 Å². The number of amides is 1. The normalized spacial score (nSPS) is 15.2. The van der Waals surface area contributed by atoms with Crippen molar-refractivity contribution in [3.05, 3.63) is 29.8 Å². The highest BCUT2D eigenvalue weighted by Crippen LogP contribution is 2.32. The van der Waals surface area contributed by atoms with Gasteiger partial charge in [-0.15, -0.1) is 0 Å². The maximum Gasteiger partial charge on any atom is 0.260 e. The van der Waals surface area contributed by atoms with Gasteiger partial charge in [-0.1, -0.05) is 12.1 Å². The van der Waals surface area contributed by atoms with E-state index in [1.807, 2.05) is 6.07 Å². The fourth-order valence-corrected chi connectivity index (χ4v) is 1.95. The Bertz CT molecular complexity index is 520. The molecule has 1 amide bonds. The van der Waals surface area contributed by atoms with E-state index in [1.165, 1.54) is 4.90 Å². The molecule has 5 nitrogen and oxygen atoms in total. The number of aliphatic hydroxyl groups is 1. The van der Waals surface area contributed by atoms with Crippen LogP contribution in [0.25, 0.3) is 0 Å². The Kier molecular flexibility index (Phi) is 4.59. The van der Waals surface area contributed by atoms with Crippen LogP contribution in [0.5, 0.6) is 5.75 Å². The number of ether oxygens (including phenoxy) is 1. The van der Waals surface area contributed by atoms with Crippen molar-refractivity contribution in [2.45, 2.75) is 18.9 Å². The summed E-state index contributed by atoms with van der Waals surface area (Å²) in [7, 11) is 1.65. The van der Waals surface area contributed by atoms with Gasteiger partial charge in [0.05, 0.1) is 11.7 Å². The van der Waals surface area contributed by atoms with Crippen molar-refractivity contribution >= 4 is 5.91 Å². The van der Waals surface area contributed by atoms with Crippen LogP contribution < -0.4 is 4.74 Å².